The van der Waals surface area contributed by atoms with Gasteiger partial charge in [-0.2, -0.15) is 5.10 Å². The Kier molecular flexibility index (Phi) is 10.5. The minimum absolute atomic E-state index is 0.149. The van der Waals surface area contributed by atoms with Crippen LogP contribution in [0.15, 0.2) is 84.9 Å². The molecule has 0 spiro atoms. The maximum absolute atomic E-state index is 14.7. The normalized spacial score (nSPS) is 15.0. The summed E-state index contributed by atoms with van der Waals surface area (Å²) in [6.07, 6.45) is 2.99. The van der Waals surface area contributed by atoms with Gasteiger partial charge in [0, 0.05) is 31.0 Å². The van der Waals surface area contributed by atoms with Gasteiger partial charge in [-0.1, -0.05) is 75.2 Å². The van der Waals surface area contributed by atoms with E-state index in [1.807, 2.05) is 72.5 Å². The van der Waals surface area contributed by atoms with Crippen LogP contribution in [-0.2, 0) is 17.8 Å². The highest BCUT2D eigenvalue weighted by molar-refractivity contribution is 6.01. The van der Waals surface area contributed by atoms with Crippen LogP contribution in [0.25, 0.3) is 16.5 Å². The Labute approximate surface area is 309 Å². The molecule has 0 fully saturated rings. The molecule has 3 amide bonds. The van der Waals surface area contributed by atoms with Crippen molar-refractivity contribution in [3.05, 3.63) is 113 Å². The van der Waals surface area contributed by atoms with E-state index in [-0.39, 0.29) is 24.0 Å². The predicted molar refractivity (Wildman–Crippen MR) is 203 cm³/mol. The Hall–Kier alpha value is -5.68. The largest absolute Gasteiger partial charge is 0.442 e. The molecular formula is C42H45N5O6. The SMILES string of the molecule is CCCCN(CCCC)C(=O)c1cc(C)n(-c2ccc(NC(=O)C3Oc4cc5ccccc5cc4O3)cc2C(=O)N2Cc3ccccc3CC2CO)n1. The summed E-state index contributed by atoms with van der Waals surface area (Å²) in [6.45, 7) is 7.43. The zero-order valence-electron chi connectivity index (χ0n) is 30.4. The van der Waals surface area contributed by atoms with E-state index in [1.54, 1.807) is 33.8 Å². The van der Waals surface area contributed by atoms with Gasteiger partial charge in [-0.15, -0.1) is 0 Å². The van der Waals surface area contributed by atoms with E-state index in [4.69, 9.17) is 14.6 Å². The standard InChI is InChI=1S/C42H45N5O6/c1-4-6-18-45(19-7-5-2)41(51)35-20-27(3)47(44-35)36-17-16-32(24-34(36)40(50)46-25-31-15-11-10-12-28(31)21-33(46)26-48)43-39(49)42-52-37-22-29-13-8-9-14-30(29)23-38(37)53-42/h8-17,20,22-24,33,42,48H,4-7,18-19,21,25-26H2,1-3H3,(H,43,49). The zero-order chi connectivity index (χ0) is 37.1. The van der Waals surface area contributed by atoms with E-state index < -0.39 is 18.2 Å². The van der Waals surface area contributed by atoms with Gasteiger partial charge in [-0.25, -0.2) is 4.68 Å². The van der Waals surface area contributed by atoms with Crippen LogP contribution in [0.1, 0.15) is 77.2 Å². The molecule has 0 bridgehead atoms. The van der Waals surface area contributed by atoms with Crippen molar-refractivity contribution in [1.82, 2.24) is 19.6 Å². The number of benzene rings is 4. The van der Waals surface area contributed by atoms with E-state index >= 15 is 0 Å². The Morgan fingerprint density at radius 1 is 0.868 bits per heavy atom. The van der Waals surface area contributed by atoms with Crippen molar-refractivity contribution in [2.75, 3.05) is 25.0 Å². The third kappa shape index (κ3) is 7.34. The molecular weight excluding hydrogens is 670 g/mol. The molecule has 274 valence electrons. The molecule has 3 heterocycles. The number of amides is 3. The second-order valence-electron chi connectivity index (χ2n) is 13.8. The lowest BCUT2D eigenvalue weighted by atomic mass is 9.93. The lowest BCUT2D eigenvalue weighted by molar-refractivity contribution is -0.131. The summed E-state index contributed by atoms with van der Waals surface area (Å²) in [5.74, 6) is -0.0915. The summed E-state index contributed by atoms with van der Waals surface area (Å²) >= 11 is 0. The number of aryl methyl sites for hydroxylation is 1. The summed E-state index contributed by atoms with van der Waals surface area (Å²) in [6, 6.07) is 25.7. The maximum atomic E-state index is 14.7. The molecule has 1 atom stereocenters. The first-order valence-electron chi connectivity index (χ1n) is 18.4. The molecule has 11 nitrogen and oxygen atoms in total. The molecule has 1 unspecified atom stereocenters. The first kappa shape index (κ1) is 35.7. The lowest BCUT2D eigenvalue weighted by Crippen LogP contribution is -2.46. The van der Waals surface area contributed by atoms with Crippen LogP contribution in [0, 0.1) is 6.92 Å². The molecule has 5 aromatic rings. The van der Waals surface area contributed by atoms with E-state index in [1.165, 1.54) is 0 Å². The molecule has 7 rings (SSSR count). The molecule has 2 aliphatic heterocycles. The summed E-state index contributed by atoms with van der Waals surface area (Å²) in [5.41, 5.74) is 4.10. The molecule has 0 saturated carbocycles. The quantitative estimate of drug-likeness (QED) is 0.148. The summed E-state index contributed by atoms with van der Waals surface area (Å²) < 4.78 is 13.4. The van der Waals surface area contributed by atoms with Crippen LogP contribution in [0.5, 0.6) is 11.5 Å². The van der Waals surface area contributed by atoms with Gasteiger partial charge >= 0.3 is 12.2 Å². The number of unbranched alkanes of at least 4 members (excludes halogenated alkanes) is 2. The fourth-order valence-electron chi connectivity index (χ4n) is 7.06. The molecule has 0 radical (unpaired) electrons. The molecule has 1 aromatic heterocycles. The number of carbonyl (C=O) groups is 3. The van der Waals surface area contributed by atoms with Gasteiger partial charge in [0.1, 0.15) is 0 Å². The van der Waals surface area contributed by atoms with Crippen molar-refractivity contribution >= 4 is 34.2 Å². The summed E-state index contributed by atoms with van der Waals surface area (Å²) in [7, 11) is 0. The van der Waals surface area contributed by atoms with Crippen molar-refractivity contribution in [1.29, 1.82) is 0 Å². The van der Waals surface area contributed by atoms with E-state index in [0.717, 1.165) is 47.6 Å². The number of aliphatic hydroxyl groups excluding tert-OH is 1. The molecule has 11 heteroatoms. The van der Waals surface area contributed by atoms with Crippen LogP contribution in [0.4, 0.5) is 5.69 Å². The number of hydrogen-bond acceptors (Lipinski definition) is 7. The van der Waals surface area contributed by atoms with Gasteiger partial charge in [-0.05, 0) is 84.5 Å². The Bertz CT molecular complexity index is 2110. The van der Waals surface area contributed by atoms with Crippen molar-refractivity contribution < 1.29 is 29.0 Å². The molecule has 2 N–H and O–H groups in total. The number of nitrogens with one attached hydrogen (secondary N) is 1. The van der Waals surface area contributed by atoms with Crippen LogP contribution >= 0.6 is 0 Å². The first-order chi connectivity index (χ1) is 25.8. The number of rotatable bonds is 12. The van der Waals surface area contributed by atoms with E-state index in [9.17, 15) is 19.5 Å². The van der Waals surface area contributed by atoms with Crippen LogP contribution in [0.3, 0.4) is 0 Å². The second kappa shape index (κ2) is 15.5. The fraction of sp³-hybridized carbons (Fsp3) is 0.333. The van der Waals surface area contributed by atoms with Gasteiger partial charge in [0.2, 0.25) is 0 Å². The number of ether oxygens (including phenoxy) is 2. The number of hydrogen-bond donors (Lipinski definition) is 2. The van der Waals surface area contributed by atoms with E-state index in [2.05, 4.69) is 19.2 Å². The summed E-state index contributed by atoms with van der Waals surface area (Å²) in [5, 5.41) is 20.0. The van der Waals surface area contributed by atoms with Crippen LogP contribution < -0.4 is 14.8 Å². The number of aliphatic hydroxyl groups is 1. The topological polar surface area (TPSA) is 126 Å². The molecule has 2 aliphatic rings. The van der Waals surface area contributed by atoms with Gasteiger partial charge in [-0.3, -0.25) is 14.4 Å². The van der Waals surface area contributed by atoms with Crippen molar-refractivity contribution in [3.63, 3.8) is 0 Å². The first-order valence-corrected chi connectivity index (χ1v) is 18.4. The molecule has 53 heavy (non-hydrogen) atoms. The number of anilines is 1. The van der Waals surface area contributed by atoms with Crippen LogP contribution in [0.2, 0.25) is 0 Å². The second-order valence-corrected chi connectivity index (χ2v) is 13.8. The zero-order valence-corrected chi connectivity index (χ0v) is 30.4. The minimum Gasteiger partial charge on any atom is -0.442 e. The van der Waals surface area contributed by atoms with Crippen molar-refractivity contribution in [2.24, 2.45) is 0 Å². The molecule has 0 aliphatic carbocycles. The third-order valence-electron chi connectivity index (χ3n) is 10.0. The fourth-order valence-corrected chi connectivity index (χ4v) is 7.06. The Morgan fingerprint density at radius 2 is 1.51 bits per heavy atom. The predicted octanol–water partition coefficient (Wildman–Crippen LogP) is 6.67. The highest BCUT2D eigenvalue weighted by atomic mass is 16.7. The van der Waals surface area contributed by atoms with Gasteiger partial charge in [0.15, 0.2) is 17.2 Å². The molecule has 4 aromatic carbocycles. The molecule has 0 saturated heterocycles. The highest BCUT2D eigenvalue weighted by Gasteiger charge is 2.34. The Balaban J connectivity index is 1.21. The summed E-state index contributed by atoms with van der Waals surface area (Å²) in [4.78, 5) is 45.5. The van der Waals surface area contributed by atoms with E-state index in [0.29, 0.717) is 60.3 Å². The monoisotopic (exact) mass is 715 g/mol. The minimum atomic E-state index is -1.23. The smallest absolute Gasteiger partial charge is 0.322 e. The van der Waals surface area contributed by atoms with Gasteiger partial charge < -0.3 is 29.7 Å². The average molecular weight is 716 g/mol. The maximum Gasteiger partial charge on any atom is 0.322 e. The van der Waals surface area contributed by atoms with Crippen LogP contribution in [-0.4, -0.2) is 74.4 Å². The van der Waals surface area contributed by atoms with Crippen molar-refractivity contribution in [3.8, 4) is 17.2 Å². The number of carbonyl (C=O) groups excluding carboxylic acids is 3. The highest BCUT2D eigenvalue weighted by Crippen LogP contribution is 2.38. The average Bonchev–Trinajstić information content (AvgIpc) is 3.79. The third-order valence-corrected chi connectivity index (χ3v) is 10.0. The van der Waals surface area contributed by atoms with Gasteiger partial charge in [0.25, 0.3) is 11.8 Å². The van der Waals surface area contributed by atoms with Gasteiger partial charge in [0.05, 0.1) is 23.9 Å². The van der Waals surface area contributed by atoms with Crippen molar-refractivity contribution in [2.45, 2.75) is 71.8 Å². The Morgan fingerprint density at radius 3 is 2.15 bits per heavy atom. The number of fused-ring (bicyclic) bond motifs is 3. The number of aromatic nitrogens is 2. The number of nitrogens with zero attached hydrogens (tertiary/aromatic N) is 4. The lowest BCUT2D eigenvalue weighted by Gasteiger charge is -2.36.